The maximum atomic E-state index is 12.5. The normalized spacial score (nSPS) is 23.8. The fourth-order valence-corrected chi connectivity index (χ4v) is 2.79. The Morgan fingerprint density at radius 3 is 2.38 bits per heavy atom. The van der Waals surface area contributed by atoms with Gasteiger partial charge in [0.2, 0.25) is 11.8 Å². The van der Waals surface area contributed by atoms with E-state index in [0.29, 0.717) is 12.1 Å². The zero-order valence-corrected chi connectivity index (χ0v) is 14.6. The van der Waals surface area contributed by atoms with Crippen LogP contribution in [0, 0.1) is 5.92 Å². The Balaban J connectivity index is 2.14. The van der Waals surface area contributed by atoms with Crippen molar-refractivity contribution < 1.29 is 14.4 Å². The summed E-state index contributed by atoms with van der Waals surface area (Å²) in [4.78, 5) is 36.9. The highest BCUT2D eigenvalue weighted by Crippen LogP contribution is 2.27. The molecule has 2 unspecified atom stereocenters. The van der Waals surface area contributed by atoms with Crippen molar-refractivity contribution in [1.29, 1.82) is 0 Å². The van der Waals surface area contributed by atoms with Crippen LogP contribution in [0.2, 0.25) is 0 Å². The summed E-state index contributed by atoms with van der Waals surface area (Å²) in [7, 11) is 0. The highest BCUT2D eigenvalue weighted by molar-refractivity contribution is 6.27. The third-order valence-electron chi connectivity index (χ3n) is 4.30. The Labute approximate surface area is 142 Å². The molecule has 2 amide bonds. The summed E-state index contributed by atoms with van der Waals surface area (Å²) in [6.45, 7) is 11.5. The molecule has 0 radical (unpaired) electrons. The van der Waals surface area contributed by atoms with E-state index in [-0.39, 0.29) is 5.41 Å². The second-order valence-corrected chi connectivity index (χ2v) is 7.43. The first-order valence-corrected chi connectivity index (χ1v) is 7.97. The van der Waals surface area contributed by atoms with E-state index in [0.717, 1.165) is 5.56 Å². The molecule has 24 heavy (non-hydrogen) atoms. The topological polar surface area (TPSA) is 75.3 Å². The third kappa shape index (κ3) is 3.40. The molecule has 0 bridgehead atoms. The van der Waals surface area contributed by atoms with Crippen LogP contribution in [0.5, 0.6) is 0 Å². The van der Waals surface area contributed by atoms with Crippen molar-refractivity contribution in [3.05, 3.63) is 42.5 Å². The van der Waals surface area contributed by atoms with Gasteiger partial charge in [0.05, 0.1) is 0 Å². The lowest BCUT2D eigenvalue weighted by atomic mass is 9.87. The highest BCUT2D eigenvalue weighted by Gasteiger charge is 2.52. The lowest BCUT2D eigenvalue weighted by molar-refractivity contribution is -0.135. The van der Waals surface area contributed by atoms with E-state index in [1.54, 1.807) is 25.1 Å². The van der Waals surface area contributed by atoms with Crippen molar-refractivity contribution in [1.82, 2.24) is 5.32 Å². The maximum absolute atomic E-state index is 12.5. The van der Waals surface area contributed by atoms with Crippen LogP contribution in [0.4, 0.5) is 5.69 Å². The second kappa shape index (κ2) is 6.23. The van der Waals surface area contributed by atoms with Gasteiger partial charge in [0.15, 0.2) is 11.7 Å². The molecule has 0 saturated carbocycles. The molecule has 0 aromatic heterocycles. The molecule has 1 aromatic rings. The van der Waals surface area contributed by atoms with Crippen molar-refractivity contribution in [3.63, 3.8) is 0 Å². The Morgan fingerprint density at radius 2 is 1.88 bits per heavy atom. The predicted molar refractivity (Wildman–Crippen MR) is 93.6 cm³/mol. The maximum Gasteiger partial charge on any atom is 0.244 e. The minimum Gasteiger partial charge on any atom is -0.342 e. The molecule has 1 saturated heterocycles. The SMILES string of the molecule is C=CCC1(C)NC(=O)C(C(=O)Nc2ccc(C(C)(C)C)cc2)C1=O. The van der Waals surface area contributed by atoms with Gasteiger partial charge in [0, 0.05) is 5.69 Å². The lowest BCUT2D eigenvalue weighted by Gasteiger charge is -2.20. The van der Waals surface area contributed by atoms with Crippen molar-refractivity contribution in [3.8, 4) is 0 Å². The Hall–Kier alpha value is -2.43. The van der Waals surface area contributed by atoms with Crippen LogP contribution in [-0.2, 0) is 19.8 Å². The van der Waals surface area contributed by atoms with Crippen LogP contribution in [0.1, 0.15) is 39.7 Å². The molecule has 5 nitrogen and oxygen atoms in total. The van der Waals surface area contributed by atoms with Gasteiger partial charge < -0.3 is 10.6 Å². The van der Waals surface area contributed by atoms with E-state index in [2.05, 4.69) is 38.0 Å². The molecule has 5 heteroatoms. The summed E-state index contributed by atoms with van der Waals surface area (Å²) < 4.78 is 0. The van der Waals surface area contributed by atoms with Gasteiger partial charge >= 0.3 is 0 Å². The number of hydrogen-bond donors (Lipinski definition) is 2. The van der Waals surface area contributed by atoms with Gasteiger partial charge in [-0.1, -0.05) is 39.0 Å². The lowest BCUT2D eigenvalue weighted by Crippen LogP contribution is -2.43. The van der Waals surface area contributed by atoms with Crippen LogP contribution in [0.15, 0.2) is 36.9 Å². The Kier molecular flexibility index (Phi) is 4.65. The second-order valence-electron chi connectivity index (χ2n) is 7.43. The van der Waals surface area contributed by atoms with Crippen molar-refractivity contribution in [2.45, 2.75) is 45.1 Å². The van der Waals surface area contributed by atoms with Gasteiger partial charge in [-0.2, -0.15) is 0 Å². The summed E-state index contributed by atoms with van der Waals surface area (Å²) in [6, 6.07) is 7.40. The van der Waals surface area contributed by atoms with Gasteiger partial charge in [0.25, 0.3) is 0 Å². The number of carbonyl (C=O) groups excluding carboxylic acids is 3. The smallest absolute Gasteiger partial charge is 0.244 e. The molecule has 1 aliphatic heterocycles. The van der Waals surface area contributed by atoms with E-state index < -0.39 is 29.1 Å². The number of ketones is 1. The molecule has 2 rings (SSSR count). The molecule has 1 aliphatic rings. The molecule has 128 valence electrons. The van der Waals surface area contributed by atoms with Crippen molar-refractivity contribution in [2.75, 3.05) is 5.32 Å². The van der Waals surface area contributed by atoms with Crippen molar-refractivity contribution in [2.24, 2.45) is 5.92 Å². The van der Waals surface area contributed by atoms with E-state index in [4.69, 9.17) is 0 Å². The molecular formula is C19H24N2O3. The minimum atomic E-state index is -1.32. The molecular weight excluding hydrogens is 304 g/mol. The number of amides is 2. The first kappa shape index (κ1) is 17.9. The van der Waals surface area contributed by atoms with E-state index in [9.17, 15) is 14.4 Å². The Bertz CT molecular complexity index is 686. The van der Waals surface area contributed by atoms with Crippen LogP contribution in [0.25, 0.3) is 0 Å². The molecule has 1 fully saturated rings. The van der Waals surface area contributed by atoms with Crippen LogP contribution in [-0.4, -0.2) is 23.1 Å². The summed E-state index contributed by atoms with van der Waals surface area (Å²) in [5, 5.41) is 5.26. The molecule has 2 atom stereocenters. The monoisotopic (exact) mass is 328 g/mol. The molecule has 0 spiro atoms. The van der Waals surface area contributed by atoms with Gasteiger partial charge in [-0.3, -0.25) is 14.4 Å². The number of hydrogen-bond acceptors (Lipinski definition) is 3. The summed E-state index contributed by atoms with van der Waals surface area (Å²) in [6.07, 6.45) is 1.85. The molecule has 1 heterocycles. The average Bonchev–Trinajstić information content (AvgIpc) is 2.68. The average molecular weight is 328 g/mol. The number of Topliss-reactive ketones (excluding diaryl/α,β-unsaturated/α-hetero) is 1. The van der Waals surface area contributed by atoms with Gasteiger partial charge in [0.1, 0.15) is 5.54 Å². The minimum absolute atomic E-state index is 0.0103. The van der Waals surface area contributed by atoms with Crippen LogP contribution in [0.3, 0.4) is 0 Å². The number of benzene rings is 1. The third-order valence-corrected chi connectivity index (χ3v) is 4.30. The largest absolute Gasteiger partial charge is 0.342 e. The first-order valence-electron chi connectivity index (χ1n) is 7.97. The fourth-order valence-electron chi connectivity index (χ4n) is 2.79. The summed E-state index contributed by atoms with van der Waals surface area (Å²) >= 11 is 0. The summed E-state index contributed by atoms with van der Waals surface area (Å²) in [5.41, 5.74) is 0.646. The van der Waals surface area contributed by atoms with E-state index in [1.807, 2.05) is 12.1 Å². The van der Waals surface area contributed by atoms with Gasteiger partial charge in [-0.05, 0) is 36.5 Å². The van der Waals surface area contributed by atoms with Gasteiger partial charge in [-0.25, -0.2) is 0 Å². The molecule has 0 aliphatic carbocycles. The number of anilines is 1. The number of nitrogens with one attached hydrogen (secondary N) is 2. The quantitative estimate of drug-likeness (QED) is 0.659. The molecule has 1 aromatic carbocycles. The van der Waals surface area contributed by atoms with E-state index >= 15 is 0 Å². The zero-order chi connectivity index (χ0) is 18.1. The number of rotatable bonds is 4. The standard InChI is InChI=1S/C19H24N2O3/c1-6-11-19(5)15(22)14(17(24)21-19)16(23)20-13-9-7-12(8-10-13)18(2,3)4/h6-10,14H,1,11H2,2-5H3,(H,20,23)(H,21,24). The van der Waals surface area contributed by atoms with Crippen LogP contribution >= 0.6 is 0 Å². The van der Waals surface area contributed by atoms with Crippen LogP contribution < -0.4 is 10.6 Å². The van der Waals surface area contributed by atoms with E-state index in [1.165, 1.54) is 0 Å². The van der Waals surface area contributed by atoms with Gasteiger partial charge in [-0.15, -0.1) is 6.58 Å². The zero-order valence-electron chi connectivity index (χ0n) is 14.6. The first-order chi connectivity index (χ1) is 11.1. The molecule has 2 N–H and O–H groups in total. The Morgan fingerprint density at radius 1 is 1.29 bits per heavy atom. The van der Waals surface area contributed by atoms with Crippen molar-refractivity contribution >= 4 is 23.3 Å². The number of carbonyl (C=O) groups is 3. The predicted octanol–water partition coefficient (Wildman–Crippen LogP) is 2.57. The highest BCUT2D eigenvalue weighted by atomic mass is 16.2. The summed E-state index contributed by atoms with van der Waals surface area (Å²) in [5.74, 6) is -2.91. The fraction of sp³-hybridized carbons (Fsp3) is 0.421.